The summed E-state index contributed by atoms with van der Waals surface area (Å²) in [5, 5.41) is 0. The van der Waals surface area contributed by atoms with E-state index < -0.39 is 36.2 Å². The first-order valence-electron chi connectivity index (χ1n) is 8.84. The molecular formula is C20H23N3O4. The van der Waals surface area contributed by atoms with Gasteiger partial charge in [-0.2, -0.15) is 0 Å². The van der Waals surface area contributed by atoms with E-state index in [2.05, 4.69) is 0 Å². The van der Waals surface area contributed by atoms with Crippen LogP contribution in [0.2, 0.25) is 0 Å². The van der Waals surface area contributed by atoms with Crippen molar-refractivity contribution in [3.05, 3.63) is 41.6 Å². The molecule has 1 aromatic rings. The van der Waals surface area contributed by atoms with Gasteiger partial charge in [-0.3, -0.25) is 19.3 Å². The number of benzene rings is 1. The zero-order valence-electron chi connectivity index (χ0n) is 16.1. The first kappa shape index (κ1) is 18.8. The summed E-state index contributed by atoms with van der Waals surface area (Å²) in [5.41, 5.74) is 2.50. The number of imide groups is 2. The molecule has 2 heterocycles. The molecule has 0 atom stereocenters. The molecule has 7 heteroatoms. The zero-order chi connectivity index (χ0) is 20.1. The maximum absolute atomic E-state index is 12.6. The molecule has 1 fully saturated rings. The molecule has 142 valence electrons. The monoisotopic (exact) mass is 369 g/mol. The molecule has 0 bridgehead atoms. The Morgan fingerprint density at radius 3 is 2.30 bits per heavy atom. The average molecular weight is 369 g/mol. The zero-order valence-corrected chi connectivity index (χ0v) is 16.1. The van der Waals surface area contributed by atoms with Crippen molar-refractivity contribution < 1.29 is 19.2 Å². The van der Waals surface area contributed by atoms with Crippen LogP contribution in [0.4, 0.5) is 10.5 Å². The number of fused-ring (bicyclic) bond motifs is 1. The predicted molar refractivity (Wildman–Crippen MR) is 100 cm³/mol. The molecule has 0 spiro atoms. The third-order valence-corrected chi connectivity index (χ3v) is 5.15. The van der Waals surface area contributed by atoms with Crippen molar-refractivity contribution >= 4 is 29.3 Å². The van der Waals surface area contributed by atoms with Gasteiger partial charge in [0.15, 0.2) is 5.78 Å². The lowest BCUT2D eigenvalue weighted by molar-refractivity contribution is -0.144. The van der Waals surface area contributed by atoms with Gasteiger partial charge in [0, 0.05) is 36.0 Å². The highest BCUT2D eigenvalue weighted by molar-refractivity contribution is 6.45. The van der Waals surface area contributed by atoms with Gasteiger partial charge in [0.2, 0.25) is 0 Å². The highest BCUT2D eigenvalue weighted by atomic mass is 16.2. The second-order valence-electron chi connectivity index (χ2n) is 7.64. The van der Waals surface area contributed by atoms with E-state index in [1.54, 1.807) is 13.8 Å². The normalized spacial score (nSPS) is 20.3. The standard InChI is InChI=1S/C20H23N3O4/c1-12(2)23-18(26)17(25)22(19(23)27)11-13(24)10-16-20(3,4)14-8-6-7-9-15(14)21(16)5/h6-10,12H,11H2,1-5H3. The van der Waals surface area contributed by atoms with E-state index in [0.29, 0.717) is 0 Å². The van der Waals surface area contributed by atoms with Crippen LogP contribution in [0.5, 0.6) is 0 Å². The first-order valence-corrected chi connectivity index (χ1v) is 8.84. The van der Waals surface area contributed by atoms with E-state index in [4.69, 9.17) is 0 Å². The van der Waals surface area contributed by atoms with Gasteiger partial charge in [0.05, 0.1) is 6.54 Å². The van der Waals surface area contributed by atoms with E-state index in [9.17, 15) is 19.2 Å². The molecule has 2 aliphatic heterocycles. The number of hydrogen-bond acceptors (Lipinski definition) is 5. The van der Waals surface area contributed by atoms with Crippen molar-refractivity contribution in [2.24, 2.45) is 0 Å². The van der Waals surface area contributed by atoms with Crippen LogP contribution in [0.1, 0.15) is 33.3 Å². The smallest absolute Gasteiger partial charge is 0.334 e. The van der Waals surface area contributed by atoms with Crippen molar-refractivity contribution in [2.45, 2.75) is 39.2 Å². The minimum Gasteiger partial charge on any atom is -0.347 e. The van der Waals surface area contributed by atoms with Crippen LogP contribution in [-0.2, 0) is 19.8 Å². The van der Waals surface area contributed by atoms with Gasteiger partial charge in [0.1, 0.15) is 0 Å². The van der Waals surface area contributed by atoms with Crippen molar-refractivity contribution in [3.63, 3.8) is 0 Å². The van der Waals surface area contributed by atoms with Gasteiger partial charge in [-0.1, -0.05) is 32.0 Å². The van der Waals surface area contributed by atoms with Crippen molar-refractivity contribution in [3.8, 4) is 0 Å². The van der Waals surface area contributed by atoms with Crippen LogP contribution in [0.3, 0.4) is 0 Å². The van der Waals surface area contributed by atoms with Crippen LogP contribution < -0.4 is 4.90 Å². The van der Waals surface area contributed by atoms with E-state index in [0.717, 1.165) is 26.7 Å². The third-order valence-electron chi connectivity index (χ3n) is 5.15. The molecule has 1 saturated heterocycles. The SMILES string of the molecule is CC(C)N1C(=O)C(=O)N(CC(=O)C=C2N(C)c3ccccc3C2(C)C)C1=O. The highest BCUT2D eigenvalue weighted by Crippen LogP contribution is 2.46. The van der Waals surface area contributed by atoms with Gasteiger partial charge in [-0.25, -0.2) is 9.69 Å². The van der Waals surface area contributed by atoms with Crippen LogP contribution in [-0.4, -0.2) is 53.1 Å². The number of nitrogens with zero attached hydrogens (tertiary/aromatic N) is 3. The summed E-state index contributed by atoms with van der Waals surface area (Å²) in [6, 6.07) is 6.70. The Labute approximate surface area is 158 Å². The average Bonchev–Trinajstić information content (AvgIpc) is 2.93. The van der Waals surface area contributed by atoms with Crippen LogP contribution in [0, 0.1) is 0 Å². The lowest BCUT2D eigenvalue weighted by atomic mass is 9.83. The molecule has 3 rings (SSSR count). The van der Waals surface area contributed by atoms with Gasteiger partial charge >= 0.3 is 17.8 Å². The van der Waals surface area contributed by atoms with Gasteiger partial charge < -0.3 is 4.90 Å². The fraction of sp³-hybridized carbons (Fsp3) is 0.400. The maximum atomic E-state index is 12.6. The topological polar surface area (TPSA) is 78.0 Å². The van der Waals surface area contributed by atoms with Crippen molar-refractivity contribution in [2.75, 3.05) is 18.5 Å². The molecule has 0 saturated carbocycles. The minimum absolute atomic E-state index is 0.389. The Balaban J connectivity index is 1.85. The second kappa shape index (κ2) is 6.33. The molecule has 0 N–H and O–H groups in total. The molecule has 27 heavy (non-hydrogen) atoms. The molecule has 4 amide bonds. The number of para-hydroxylation sites is 1. The van der Waals surface area contributed by atoms with Crippen LogP contribution in [0.25, 0.3) is 0 Å². The number of anilines is 1. The van der Waals surface area contributed by atoms with Crippen LogP contribution in [0.15, 0.2) is 36.0 Å². The largest absolute Gasteiger partial charge is 0.347 e. The third kappa shape index (κ3) is 2.83. The summed E-state index contributed by atoms with van der Waals surface area (Å²) in [6.45, 7) is 6.87. The number of carbonyl (C=O) groups is 4. The highest BCUT2D eigenvalue weighted by Gasteiger charge is 2.46. The molecular weight excluding hydrogens is 346 g/mol. The van der Waals surface area contributed by atoms with Crippen molar-refractivity contribution in [1.82, 2.24) is 9.80 Å². The molecule has 0 unspecified atom stereocenters. The first-order chi connectivity index (χ1) is 12.6. The number of rotatable bonds is 4. The van der Waals surface area contributed by atoms with Crippen LogP contribution >= 0.6 is 0 Å². The van der Waals surface area contributed by atoms with Crippen molar-refractivity contribution in [1.29, 1.82) is 0 Å². The Kier molecular flexibility index (Phi) is 4.41. The lowest BCUT2D eigenvalue weighted by Crippen LogP contribution is -2.39. The lowest BCUT2D eigenvalue weighted by Gasteiger charge is -2.24. The number of carbonyl (C=O) groups excluding carboxylic acids is 4. The van der Waals surface area contributed by atoms with E-state index in [-0.39, 0.29) is 5.41 Å². The minimum atomic E-state index is -0.956. The summed E-state index contributed by atoms with van der Waals surface area (Å²) in [7, 11) is 1.88. The molecule has 0 aliphatic carbocycles. The molecule has 0 aromatic heterocycles. The number of allylic oxidation sites excluding steroid dienone is 1. The summed E-state index contributed by atoms with van der Waals surface area (Å²) in [6.07, 6.45) is 1.46. The predicted octanol–water partition coefficient (Wildman–Crippen LogP) is 2.07. The van der Waals surface area contributed by atoms with E-state index in [1.165, 1.54) is 6.08 Å². The van der Waals surface area contributed by atoms with E-state index >= 15 is 0 Å². The number of ketones is 1. The fourth-order valence-electron chi connectivity index (χ4n) is 3.73. The number of urea groups is 1. The molecule has 0 radical (unpaired) electrons. The molecule has 1 aromatic carbocycles. The van der Waals surface area contributed by atoms with Gasteiger partial charge in [-0.15, -0.1) is 0 Å². The molecule has 7 nitrogen and oxygen atoms in total. The fourth-order valence-corrected chi connectivity index (χ4v) is 3.73. The number of hydrogen-bond donors (Lipinski definition) is 0. The Morgan fingerprint density at radius 1 is 1.11 bits per heavy atom. The van der Waals surface area contributed by atoms with Gasteiger partial charge in [0.25, 0.3) is 0 Å². The Hall–Kier alpha value is -2.96. The summed E-state index contributed by atoms with van der Waals surface area (Å²) < 4.78 is 0. The number of amides is 4. The Bertz CT molecular complexity index is 885. The Morgan fingerprint density at radius 2 is 1.74 bits per heavy atom. The summed E-state index contributed by atoms with van der Waals surface area (Å²) >= 11 is 0. The quantitative estimate of drug-likeness (QED) is 0.461. The number of likely N-dealkylation sites (N-methyl/N-ethyl adjacent to an activating group) is 1. The molecule has 2 aliphatic rings. The summed E-state index contributed by atoms with van der Waals surface area (Å²) in [5.74, 6) is -2.25. The maximum Gasteiger partial charge on any atom is 0.334 e. The summed E-state index contributed by atoms with van der Waals surface area (Å²) in [4.78, 5) is 52.6. The second-order valence-corrected chi connectivity index (χ2v) is 7.64. The van der Waals surface area contributed by atoms with E-state index in [1.807, 2.05) is 50.1 Å². The van der Waals surface area contributed by atoms with Gasteiger partial charge in [-0.05, 0) is 25.5 Å².